The smallest absolute Gasteiger partial charge is 0.317 e. The summed E-state index contributed by atoms with van der Waals surface area (Å²) in [5.41, 5.74) is 2.36. The summed E-state index contributed by atoms with van der Waals surface area (Å²) in [7, 11) is 0. The van der Waals surface area contributed by atoms with Crippen molar-refractivity contribution >= 4 is 28.4 Å². The lowest BCUT2D eigenvalue weighted by Gasteiger charge is -2.31. The molecule has 3 heterocycles. The first-order valence-corrected chi connectivity index (χ1v) is 8.60. The minimum absolute atomic E-state index is 0.117. The molecule has 0 aliphatic carbocycles. The van der Waals surface area contributed by atoms with Crippen LogP contribution in [-0.4, -0.2) is 45.1 Å². The molecule has 1 saturated heterocycles. The zero-order valence-electron chi connectivity index (χ0n) is 13.0. The fourth-order valence-corrected chi connectivity index (χ4v) is 3.04. The van der Waals surface area contributed by atoms with Crippen molar-refractivity contribution in [3.8, 4) is 0 Å². The Labute approximate surface area is 143 Å². The normalized spacial score (nSPS) is 17.3. The maximum absolute atomic E-state index is 12.3. The van der Waals surface area contributed by atoms with Crippen LogP contribution in [0.1, 0.15) is 18.5 Å². The molecular weight excluding hydrogens is 328 g/mol. The number of urea groups is 1. The average Bonchev–Trinajstić information content (AvgIpc) is 3.13. The summed E-state index contributed by atoms with van der Waals surface area (Å²) in [6, 6.07) is 5.39. The third-order valence-corrected chi connectivity index (χ3v) is 4.42. The number of piperidine rings is 1. The Hall–Kier alpha value is -2.55. The van der Waals surface area contributed by atoms with Crippen LogP contribution in [0.4, 0.5) is 9.93 Å². The summed E-state index contributed by atoms with van der Waals surface area (Å²) in [5, 5.41) is 13.6. The van der Waals surface area contributed by atoms with Gasteiger partial charge in [-0.2, -0.15) is 0 Å². The van der Waals surface area contributed by atoms with Gasteiger partial charge in [0.2, 0.25) is 11.0 Å². The van der Waals surface area contributed by atoms with Crippen LogP contribution in [0.2, 0.25) is 0 Å². The van der Waals surface area contributed by atoms with E-state index in [0.29, 0.717) is 24.8 Å². The lowest BCUT2D eigenvalue weighted by molar-refractivity contribution is -0.121. The maximum Gasteiger partial charge on any atom is 0.317 e. The number of carbonyl (C=O) groups is 2. The predicted octanol–water partition coefficient (Wildman–Crippen LogP) is 1.49. The van der Waals surface area contributed by atoms with Crippen LogP contribution in [0, 0.1) is 5.92 Å². The molecule has 126 valence electrons. The molecule has 24 heavy (non-hydrogen) atoms. The van der Waals surface area contributed by atoms with Gasteiger partial charge in [-0.05, 0) is 25.0 Å². The Morgan fingerprint density at radius 1 is 1.38 bits per heavy atom. The Balaban J connectivity index is 1.51. The lowest BCUT2D eigenvalue weighted by Crippen LogP contribution is -2.47. The number of nitrogens with zero attached hydrogens (tertiary/aromatic N) is 4. The minimum atomic E-state index is -0.233. The van der Waals surface area contributed by atoms with E-state index in [1.165, 1.54) is 11.3 Å². The first kappa shape index (κ1) is 16.3. The van der Waals surface area contributed by atoms with Gasteiger partial charge in [0.05, 0.1) is 18.2 Å². The topological polar surface area (TPSA) is 100 Å². The van der Waals surface area contributed by atoms with Gasteiger partial charge in [0, 0.05) is 19.3 Å². The molecule has 1 unspecified atom stereocenters. The molecular formula is C15H18N6O2S. The van der Waals surface area contributed by atoms with Crippen LogP contribution in [-0.2, 0) is 11.3 Å². The second kappa shape index (κ2) is 7.82. The molecule has 0 bridgehead atoms. The van der Waals surface area contributed by atoms with Gasteiger partial charge in [-0.3, -0.25) is 9.78 Å². The van der Waals surface area contributed by atoms with Gasteiger partial charge in [-0.1, -0.05) is 17.4 Å². The quantitative estimate of drug-likeness (QED) is 0.874. The standard InChI is InChI=1S/C15H18N6O2S/c22-13(19-14-20-18-10-24-14)11-4-3-7-21(9-11)15(23)17-8-12-5-1-2-6-16-12/h1-2,5-6,10-11H,3-4,7-9H2,(H,17,23)(H,19,20,22). The van der Waals surface area contributed by atoms with Crippen molar-refractivity contribution in [2.45, 2.75) is 19.4 Å². The highest BCUT2D eigenvalue weighted by Crippen LogP contribution is 2.19. The maximum atomic E-state index is 12.3. The van der Waals surface area contributed by atoms with E-state index in [4.69, 9.17) is 0 Å². The number of rotatable bonds is 4. The van der Waals surface area contributed by atoms with Crippen molar-refractivity contribution in [1.82, 2.24) is 25.4 Å². The van der Waals surface area contributed by atoms with Crippen LogP contribution in [0.5, 0.6) is 0 Å². The van der Waals surface area contributed by atoms with E-state index in [9.17, 15) is 9.59 Å². The molecule has 0 saturated carbocycles. The number of likely N-dealkylation sites (tertiary alicyclic amines) is 1. The molecule has 3 amide bonds. The SMILES string of the molecule is O=C(Nc1nncs1)C1CCCN(C(=O)NCc2ccccn2)C1. The minimum Gasteiger partial charge on any atom is -0.332 e. The Morgan fingerprint density at radius 2 is 2.29 bits per heavy atom. The zero-order valence-corrected chi connectivity index (χ0v) is 13.8. The molecule has 1 atom stereocenters. The fraction of sp³-hybridized carbons (Fsp3) is 0.400. The zero-order chi connectivity index (χ0) is 16.8. The van der Waals surface area contributed by atoms with E-state index >= 15 is 0 Å². The first-order chi connectivity index (χ1) is 11.7. The van der Waals surface area contributed by atoms with Crippen molar-refractivity contribution in [3.63, 3.8) is 0 Å². The van der Waals surface area contributed by atoms with Gasteiger partial charge < -0.3 is 15.5 Å². The summed E-state index contributed by atoms with van der Waals surface area (Å²) in [5.74, 6) is -0.350. The van der Waals surface area contributed by atoms with Crippen LogP contribution in [0.15, 0.2) is 29.9 Å². The van der Waals surface area contributed by atoms with Crippen molar-refractivity contribution < 1.29 is 9.59 Å². The molecule has 1 fully saturated rings. The molecule has 0 spiro atoms. The largest absolute Gasteiger partial charge is 0.332 e. The summed E-state index contributed by atoms with van der Waals surface area (Å²) < 4.78 is 0. The Kier molecular flexibility index (Phi) is 5.32. The molecule has 8 nitrogen and oxygen atoms in total. The number of amides is 3. The Bertz CT molecular complexity index is 679. The van der Waals surface area contributed by atoms with Gasteiger partial charge in [0.1, 0.15) is 5.51 Å². The van der Waals surface area contributed by atoms with Gasteiger partial charge in [0.25, 0.3) is 0 Å². The van der Waals surface area contributed by atoms with Crippen LogP contribution < -0.4 is 10.6 Å². The number of carbonyl (C=O) groups excluding carboxylic acids is 2. The summed E-state index contributed by atoms with van der Waals surface area (Å²) in [4.78, 5) is 30.4. The fourth-order valence-electron chi connectivity index (χ4n) is 2.59. The number of pyridine rings is 1. The molecule has 3 rings (SSSR count). The molecule has 2 N–H and O–H groups in total. The summed E-state index contributed by atoms with van der Waals surface area (Å²) >= 11 is 1.27. The number of hydrogen-bond donors (Lipinski definition) is 2. The molecule has 9 heteroatoms. The highest BCUT2D eigenvalue weighted by atomic mass is 32.1. The number of nitrogens with one attached hydrogen (secondary N) is 2. The molecule has 0 radical (unpaired) electrons. The second-order valence-electron chi connectivity index (χ2n) is 5.50. The van der Waals surface area contributed by atoms with E-state index in [0.717, 1.165) is 18.5 Å². The number of aromatic nitrogens is 3. The average molecular weight is 346 g/mol. The molecule has 2 aromatic heterocycles. The van der Waals surface area contributed by atoms with Crippen molar-refractivity contribution in [1.29, 1.82) is 0 Å². The third kappa shape index (κ3) is 4.25. The van der Waals surface area contributed by atoms with E-state index in [-0.39, 0.29) is 17.9 Å². The Morgan fingerprint density at radius 3 is 3.04 bits per heavy atom. The van der Waals surface area contributed by atoms with Gasteiger partial charge in [-0.25, -0.2) is 4.79 Å². The van der Waals surface area contributed by atoms with Crippen molar-refractivity contribution in [3.05, 3.63) is 35.6 Å². The predicted molar refractivity (Wildman–Crippen MR) is 89.3 cm³/mol. The molecule has 1 aliphatic rings. The van der Waals surface area contributed by atoms with Crippen LogP contribution >= 0.6 is 11.3 Å². The number of hydrogen-bond acceptors (Lipinski definition) is 6. The van der Waals surface area contributed by atoms with E-state index in [2.05, 4.69) is 25.8 Å². The van der Waals surface area contributed by atoms with Crippen molar-refractivity contribution in [2.75, 3.05) is 18.4 Å². The third-order valence-electron chi connectivity index (χ3n) is 3.82. The monoisotopic (exact) mass is 346 g/mol. The molecule has 0 aromatic carbocycles. The molecule has 1 aliphatic heterocycles. The molecule has 2 aromatic rings. The second-order valence-corrected chi connectivity index (χ2v) is 6.33. The van der Waals surface area contributed by atoms with Gasteiger partial charge >= 0.3 is 6.03 Å². The highest BCUT2D eigenvalue weighted by molar-refractivity contribution is 7.13. The highest BCUT2D eigenvalue weighted by Gasteiger charge is 2.28. The van der Waals surface area contributed by atoms with Crippen LogP contribution in [0.25, 0.3) is 0 Å². The number of anilines is 1. The summed E-state index contributed by atoms with van der Waals surface area (Å²) in [6.45, 7) is 1.42. The van der Waals surface area contributed by atoms with Gasteiger partial charge in [-0.15, -0.1) is 10.2 Å². The van der Waals surface area contributed by atoms with E-state index in [1.54, 1.807) is 16.6 Å². The van der Waals surface area contributed by atoms with Crippen LogP contribution in [0.3, 0.4) is 0 Å². The van der Waals surface area contributed by atoms with E-state index < -0.39 is 0 Å². The lowest BCUT2D eigenvalue weighted by atomic mass is 9.97. The van der Waals surface area contributed by atoms with Gasteiger partial charge in [0.15, 0.2) is 0 Å². The summed E-state index contributed by atoms with van der Waals surface area (Å²) in [6.07, 6.45) is 3.25. The van der Waals surface area contributed by atoms with Crippen molar-refractivity contribution in [2.24, 2.45) is 5.92 Å². The first-order valence-electron chi connectivity index (χ1n) is 7.72. The van der Waals surface area contributed by atoms with E-state index in [1.807, 2.05) is 18.2 Å².